The van der Waals surface area contributed by atoms with E-state index in [4.69, 9.17) is 6.42 Å². The van der Waals surface area contributed by atoms with Crippen LogP contribution in [-0.4, -0.2) is 11.0 Å². The zero-order valence-corrected chi connectivity index (χ0v) is 9.38. The molecule has 92 valence electrons. The van der Waals surface area contributed by atoms with Crippen LogP contribution in [0.15, 0.2) is 18.3 Å². The second kappa shape index (κ2) is 5.58. The molecular weight excluding hydrogens is 229 g/mol. The van der Waals surface area contributed by atoms with Crippen LogP contribution in [0, 0.1) is 12.3 Å². The summed E-state index contributed by atoms with van der Waals surface area (Å²) < 4.78 is 38.0. The number of aromatic nitrogens is 1. The standard InChI is InChI=1S/C12H13F3N2/c1-3-6-9(4-2)17-11-10(12(13,14)15)7-5-8-16-11/h2,5,7-9H,3,6H2,1H3,(H,16,17). The summed E-state index contributed by atoms with van der Waals surface area (Å²) in [6, 6.07) is 1.80. The van der Waals surface area contributed by atoms with Gasteiger partial charge in [-0.25, -0.2) is 4.98 Å². The fourth-order valence-corrected chi connectivity index (χ4v) is 1.40. The number of nitrogens with zero attached hydrogens (tertiary/aromatic N) is 1. The summed E-state index contributed by atoms with van der Waals surface area (Å²) >= 11 is 0. The third-order valence-electron chi connectivity index (χ3n) is 2.20. The molecule has 2 nitrogen and oxygen atoms in total. The number of alkyl halides is 3. The SMILES string of the molecule is C#CC(CCC)Nc1ncccc1C(F)(F)F. The molecule has 1 atom stereocenters. The van der Waals surface area contributed by atoms with Crippen LogP contribution in [0.2, 0.25) is 0 Å². The van der Waals surface area contributed by atoms with Crippen molar-refractivity contribution in [2.24, 2.45) is 0 Å². The summed E-state index contributed by atoms with van der Waals surface area (Å²) in [5.74, 6) is 2.20. The number of hydrogen-bond donors (Lipinski definition) is 1. The third kappa shape index (κ3) is 3.66. The van der Waals surface area contributed by atoms with Gasteiger partial charge in [-0.15, -0.1) is 6.42 Å². The summed E-state index contributed by atoms with van der Waals surface area (Å²) in [4.78, 5) is 3.69. The van der Waals surface area contributed by atoms with E-state index in [0.717, 1.165) is 12.5 Å². The van der Waals surface area contributed by atoms with E-state index < -0.39 is 17.8 Å². The minimum atomic E-state index is -4.43. The van der Waals surface area contributed by atoms with Crippen LogP contribution < -0.4 is 5.32 Å². The Kier molecular flexibility index (Phi) is 4.38. The third-order valence-corrected chi connectivity index (χ3v) is 2.20. The van der Waals surface area contributed by atoms with Gasteiger partial charge in [0.1, 0.15) is 5.82 Å². The van der Waals surface area contributed by atoms with Gasteiger partial charge in [0, 0.05) is 6.20 Å². The smallest absolute Gasteiger partial charge is 0.356 e. The van der Waals surface area contributed by atoms with Crippen molar-refractivity contribution in [3.05, 3.63) is 23.9 Å². The highest BCUT2D eigenvalue weighted by Crippen LogP contribution is 2.33. The largest absolute Gasteiger partial charge is 0.419 e. The molecule has 1 rings (SSSR count). The van der Waals surface area contributed by atoms with Gasteiger partial charge >= 0.3 is 6.18 Å². The van der Waals surface area contributed by atoms with E-state index in [1.54, 1.807) is 0 Å². The van der Waals surface area contributed by atoms with E-state index >= 15 is 0 Å². The molecule has 0 saturated carbocycles. The quantitative estimate of drug-likeness (QED) is 0.819. The van der Waals surface area contributed by atoms with Crippen molar-refractivity contribution in [2.45, 2.75) is 32.0 Å². The molecule has 1 N–H and O–H groups in total. The summed E-state index contributed by atoms with van der Waals surface area (Å²) in [6.45, 7) is 1.91. The van der Waals surface area contributed by atoms with Gasteiger partial charge in [0.2, 0.25) is 0 Å². The second-order valence-corrected chi connectivity index (χ2v) is 3.55. The van der Waals surface area contributed by atoms with Gasteiger partial charge in [0.15, 0.2) is 0 Å². The molecule has 1 heterocycles. The molecule has 0 aromatic carbocycles. The number of terminal acetylenes is 1. The van der Waals surface area contributed by atoms with E-state index in [2.05, 4.69) is 16.2 Å². The molecule has 0 saturated heterocycles. The van der Waals surface area contributed by atoms with Gasteiger partial charge in [-0.05, 0) is 18.6 Å². The Morgan fingerprint density at radius 3 is 2.76 bits per heavy atom. The number of hydrogen-bond acceptors (Lipinski definition) is 2. The predicted molar refractivity (Wildman–Crippen MR) is 60.4 cm³/mol. The van der Waals surface area contributed by atoms with Crippen molar-refractivity contribution in [1.29, 1.82) is 0 Å². The van der Waals surface area contributed by atoms with Crippen LogP contribution in [0.1, 0.15) is 25.3 Å². The molecule has 0 aliphatic rings. The van der Waals surface area contributed by atoms with E-state index in [1.807, 2.05) is 6.92 Å². The first-order valence-electron chi connectivity index (χ1n) is 5.24. The van der Waals surface area contributed by atoms with Gasteiger partial charge in [-0.1, -0.05) is 19.3 Å². The van der Waals surface area contributed by atoms with Gasteiger partial charge in [0.25, 0.3) is 0 Å². The molecular formula is C12H13F3N2. The first-order valence-corrected chi connectivity index (χ1v) is 5.24. The van der Waals surface area contributed by atoms with Crippen LogP contribution in [-0.2, 0) is 6.18 Å². The molecule has 0 spiro atoms. The van der Waals surface area contributed by atoms with Gasteiger partial charge in [-0.3, -0.25) is 0 Å². The fourth-order valence-electron chi connectivity index (χ4n) is 1.40. The average molecular weight is 242 g/mol. The zero-order chi connectivity index (χ0) is 12.9. The Morgan fingerprint density at radius 1 is 1.53 bits per heavy atom. The molecule has 0 bridgehead atoms. The lowest BCUT2D eigenvalue weighted by molar-refractivity contribution is -0.137. The molecule has 1 aromatic heterocycles. The Hall–Kier alpha value is -1.70. The van der Waals surface area contributed by atoms with E-state index in [1.165, 1.54) is 12.3 Å². The molecule has 0 amide bonds. The molecule has 0 aliphatic carbocycles. The lowest BCUT2D eigenvalue weighted by atomic mass is 10.1. The highest BCUT2D eigenvalue weighted by Gasteiger charge is 2.34. The Balaban J connectivity index is 2.95. The molecule has 1 aromatic rings. The summed E-state index contributed by atoms with van der Waals surface area (Å²) in [7, 11) is 0. The Labute approximate surface area is 98.3 Å². The first-order chi connectivity index (χ1) is 7.99. The van der Waals surface area contributed by atoms with Crippen molar-refractivity contribution < 1.29 is 13.2 Å². The van der Waals surface area contributed by atoms with Crippen molar-refractivity contribution >= 4 is 5.82 Å². The Morgan fingerprint density at radius 2 is 2.24 bits per heavy atom. The topological polar surface area (TPSA) is 24.9 Å². The minimum Gasteiger partial charge on any atom is -0.356 e. The highest BCUT2D eigenvalue weighted by molar-refractivity contribution is 5.47. The highest BCUT2D eigenvalue weighted by atomic mass is 19.4. The number of pyridine rings is 1. The lowest BCUT2D eigenvalue weighted by Crippen LogP contribution is -2.21. The van der Waals surface area contributed by atoms with E-state index in [0.29, 0.717) is 6.42 Å². The van der Waals surface area contributed by atoms with E-state index in [-0.39, 0.29) is 5.82 Å². The zero-order valence-electron chi connectivity index (χ0n) is 9.38. The second-order valence-electron chi connectivity index (χ2n) is 3.55. The predicted octanol–water partition coefficient (Wildman–Crippen LogP) is 3.31. The fraction of sp³-hybridized carbons (Fsp3) is 0.417. The average Bonchev–Trinajstić information content (AvgIpc) is 2.27. The molecule has 1 unspecified atom stereocenters. The molecule has 5 heteroatoms. The van der Waals surface area contributed by atoms with Crippen LogP contribution in [0.5, 0.6) is 0 Å². The van der Waals surface area contributed by atoms with Gasteiger partial charge < -0.3 is 5.32 Å². The number of anilines is 1. The van der Waals surface area contributed by atoms with Crippen LogP contribution >= 0.6 is 0 Å². The van der Waals surface area contributed by atoms with Crippen molar-refractivity contribution in [3.63, 3.8) is 0 Å². The maximum absolute atomic E-state index is 12.7. The van der Waals surface area contributed by atoms with Crippen LogP contribution in [0.4, 0.5) is 19.0 Å². The van der Waals surface area contributed by atoms with Crippen LogP contribution in [0.3, 0.4) is 0 Å². The maximum Gasteiger partial charge on any atom is 0.419 e. The van der Waals surface area contributed by atoms with Gasteiger partial charge in [0.05, 0.1) is 11.6 Å². The number of halogens is 3. The maximum atomic E-state index is 12.7. The van der Waals surface area contributed by atoms with Crippen molar-refractivity contribution in [2.75, 3.05) is 5.32 Å². The normalized spacial score (nSPS) is 12.9. The molecule has 0 aliphatic heterocycles. The van der Waals surface area contributed by atoms with Crippen molar-refractivity contribution in [3.8, 4) is 12.3 Å². The summed E-state index contributed by atoms with van der Waals surface area (Å²) in [5.41, 5.74) is -0.795. The number of rotatable bonds is 4. The van der Waals surface area contributed by atoms with Gasteiger partial charge in [-0.2, -0.15) is 13.2 Å². The summed E-state index contributed by atoms with van der Waals surface area (Å²) in [5, 5.41) is 2.64. The number of nitrogens with one attached hydrogen (secondary N) is 1. The lowest BCUT2D eigenvalue weighted by Gasteiger charge is -2.16. The minimum absolute atomic E-state index is 0.212. The van der Waals surface area contributed by atoms with Crippen LogP contribution in [0.25, 0.3) is 0 Å². The van der Waals surface area contributed by atoms with Crippen molar-refractivity contribution in [1.82, 2.24) is 4.98 Å². The Bertz CT molecular complexity index is 407. The van der Waals surface area contributed by atoms with E-state index in [9.17, 15) is 13.2 Å². The molecule has 0 fully saturated rings. The monoisotopic (exact) mass is 242 g/mol. The molecule has 0 radical (unpaired) electrons. The summed E-state index contributed by atoms with van der Waals surface area (Å²) in [6.07, 6.45) is 3.51. The first kappa shape index (κ1) is 13.4. The molecule has 17 heavy (non-hydrogen) atoms.